The number of hydrogen-bond donors (Lipinski definition) is 1. The van der Waals surface area contributed by atoms with E-state index in [1.165, 1.54) is 36.7 Å². The fourth-order valence-corrected chi connectivity index (χ4v) is 6.00. The normalized spacial score (nSPS) is 14.5. The first kappa shape index (κ1) is 22.2. The van der Waals surface area contributed by atoms with E-state index in [1.54, 1.807) is 6.07 Å². The Morgan fingerprint density at radius 1 is 0.912 bits per heavy atom. The van der Waals surface area contributed by atoms with Crippen LogP contribution in [-0.2, 0) is 10.0 Å². The summed E-state index contributed by atoms with van der Waals surface area (Å²) in [6, 6.07) is 15.6. The standard InChI is InChI=1S/C25H24N2O6S/c1-31-21-10-9-16(13-24(21)34(29,30)27-11-5-6-12-27)25(28)26-19-15-22-18(14-23(19)32-2)17-7-3-4-8-20(17)33-22/h3-4,7-10,13-15H,5-6,11-12H2,1-2H3,(H,26,28). The molecule has 0 radical (unpaired) electrons. The van der Waals surface area contributed by atoms with Gasteiger partial charge in [-0.15, -0.1) is 0 Å². The van der Waals surface area contributed by atoms with Crippen molar-refractivity contribution in [1.29, 1.82) is 0 Å². The minimum Gasteiger partial charge on any atom is -0.495 e. The average molecular weight is 481 g/mol. The lowest BCUT2D eigenvalue weighted by Gasteiger charge is -2.18. The smallest absolute Gasteiger partial charge is 0.255 e. The zero-order chi connectivity index (χ0) is 23.9. The number of nitrogens with zero attached hydrogens (tertiary/aromatic N) is 1. The highest BCUT2D eigenvalue weighted by molar-refractivity contribution is 7.89. The molecule has 34 heavy (non-hydrogen) atoms. The van der Waals surface area contributed by atoms with Crippen molar-refractivity contribution in [1.82, 2.24) is 4.31 Å². The van der Waals surface area contributed by atoms with Crippen LogP contribution in [0.3, 0.4) is 0 Å². The molecule has 1 aromatic heterocycles. The highest BCUT2D eigenvalue weighted by atomic mass is 32.2. The molecule has 0 saturated carbocycles. The summed E-state index contributed by atoms with van der Waals surface area (Å²) < 4.78 is 44.5. The van der Waals surface area contributed by atoms with Gasteiger partial charge in [-0.3, -0.25) is 4.79 Å². The monoisotopic (exact) mass is 480 g/mol. The third kappa shape index (κ3) is 3.76. The maximum atomic E-state index is 13.2. The number of para-hydroxylation sites is 1. The Bertz CT molecular complexity index is 1500. The molecule has 4 aromatic rings. The lowest BCUT2D eigenvalue weighted by atomic mass is 10.1. The van der Waals surface area contributed by atoms with Gasteiger partial charge in [0.05, 0.1) is 19.9 Å². The van der Waals surface area contributed by atoms with Crippen LogP contribution in [0.2, 0.25) is 0 Å². The van der Waals surface area contributed by atoms with E-state index in [1.807, 2.05) is 30.3 Å². The molecule has 176 valence electrons. The number of ether oxygens (including phenoxy) is 2. The van der Waals surface area contributed by atoms with E-state index < -0.39 is 15.9 Å². The summed E-state index contributed by atoms with van der Waals surface area (Å²) in [5.41, 5.74) is 1.93. The molecule has 1 saturated heterocycles. The number of sulfonamides is 1. The number of nitrogens with one attached hydrogen (secondary N) is 1. The fraction of sp³-hybridized carbons (Fsp3) is 0.240. The van der Waals surface area contributed by atoms with Crippen molar-refractivity contribution >= 4 is 43.6 Å². The second kappa shape index (κ2) is 8.66. The molecule has 5 rings (SSSR count). The van der Waals surface area contributed by atoms with Crippen molar-refractivity contribution in [2.45, 2.75) is 17.7 Å². The first-order valence-corrected chi connectivity index (χ1v) is 12.3. The molecule has 0 bridgehead atoms. The fourth-order valence-electron chi connectivity index (χ4n) is 4.30. The van der Waals surface area contributed by atoms with Crippen LogP contribution < -0.4 is 14.8 Å². The minimum absolute atomic E-state index is 0.0238. The molecule has 1 aliphatic rings. The molecule has 9 heteroatoms. The molecule has 1 fully saturated rings. The van der Waals surface area contributed by atoms with Gasteiger partial charge in [0, 0.05) is 35.5 Å². The summed E-state index contributed by atoms with van der Waals surface area (Å²) in [6.45, 7) is 0.910. The van der Waals surface area contributed by atoms with Gasteiger partial charge in [-0.2, -0.15) is 4.31 Å². The van der Waals surface area contributed by atoms with Crippen LogP contribution in [0.1, 0.15) is 23.2 Å². The van der Waals surface area contributed by atoms with Crippen LogP contribution >= 0.6 is 0 Å². The number of methoxy groups -OCH3 is 2. The van der Waals surface area contributed by atoms with Crippen molar-refractivity contribution in [2.75, 3.05) is 32.6 Å². The van der Waals surface area contributed by atoms with Gasteiger partial charge in [0.2, 0.25) is 10.0 Å². The predicted octanol–water partition coefficient (Wildman–Crippen LogP) is 4.64. The summed E-state index contributed by atoms with van der Waals surface area (Å²) in [7, 11) is -0.849. The van der Waals surface area contributed by atoms with Crippen molar-refractivity contribution < 1.29 is 27.1 Å². The van der Waals surface area contributed by atoms with Crippen molar-refractivity contribution in [3.05, 3.63) is 60.2 Å². The number of rotatable bonds is 6. The number of furan rings is 1. The van der Waals surface area contributed by atoms with Gasteiger partial charge in [0.15, 0.2) is 0 Å². The highest BCUT2D eigenvalue weighted by Crippen LogP contribution is 2.37. The third-order valence-corrected chi connectivity index (χ3v) is 7.98. The molecule has 1 aliphatic heterocycles. The SMILES string of the molecule is COc1cc2c(cc1NC(=O)c1ccc(OC)c(S(=O)(=O)N3CCCC3)c1)oc1ccccc12. The van der Waals surface area contributed by atoms with Gasteiger partial charge < -0.3 is 19.2 Å². The molecule has 1 amide bonds. The molecule has 0 aliphatic carbocycles. The van der Waals surface area contributed by atoms with Gasteiger partial charge in [-0.1, -0.05) is 18.2 Å². The van der Waals surface area contributed by atoms with Gasteiger partial charge in [-0.05, 0) is 43.2 Å². The van der Waals surface area contributed by atoms with Gasteiger partial charge >= 0.3 is 0 Å². The maximum absolute atomic E-state index is 13.2. The summed E-state index contributed by atoms with van der Waals surface area (Å²) in [5, 5.41) is 4.64. The Morgan fingerprint density at radius 3 is 2.38 bits per heavy atom. The highest BCUT2D eigenvalue weighted by Gasteiger charge is 2.30. The number of carbonyl (C=O) groups excluding carboxylic acids is 1. The molecule has 8 nitrogen and oxygen atoms in total. The van der Waals surface area contributed by atoms with E-state index >= 15 is 0 Å². The molecular formula is C25H24N2O6S. The summed E-state index contributed by atoms with van der Waals surface area (Å²) in [5.74, 6) is 0.185. The van der Waals surface area contributed by atoms with Crippen LogP contribution in [-0.4, -0.2) is 45.9 Å². The Balaban J connectivity index is 1.51. The largest absolute Gasteiger partial charge is 0.495 e. The zero-order valence-electron chi connectivity index (χ0n) is 18.8. The Hall–Kier alpha value is -3.56. The topological polar surface area (TPSA) is 98.1 Å². The number of hydrogen-bond acceptors (Lipinski definition) is 6. The summed E-state index contributed by atoms with van der Waals surface area (Å²) in [6.07, 6.45) is 1.62. The molecule has 0 atom stereocenters. The Morgan fingerprint density at radius 2 is 1.65 bits per heavy atom. The van der Waals surface area contributed by atoms with Gasteiger partial charge in [0.25, 0.3) is 5.91 Å². The molecular weight excluding hydrogens is 456 g/mol. The maximum Gasteiger partial charge on any atom is 0.255 e. The number of carbonyl (C=O) groups is 1. The van der Waals surface area contributed by atoms with Crippen LogP contribution in [0.5, 0.6) is 11.5 Å². The molecule has 0 spiro atoms. The summed E-state index contributed by atoms with van der Waals surface area (Å²) in [4.78, 5) is 13.1. The predicted molar refractivity (Wildman–Crippen MR) is 129 cm³/mol. The second-order valence-corrected chi connectivity index (χ2v) is 9.98. The van der Waals surface area contributed by atoms with Crippen LogP contribution in [0.25, 0.3) is 21.9 Å². The lowest BCUT2D eigenvalue weighted by molar-refractivity contribution is 0.102. The van der Waals surface area contributed by atoms with Crippen LogP contribution in [0.4, 0.5) is 5.69 Å². The number of fused-ring (bicyclic) bond motifs is 3. The first-order valence-electron chi connectivity index (χ1n) is 10.9. The van der Waals surface area contributed by atoms with E-state index in [0.717, 1.165) is 29.2 Å². The van der Waals surface area contributed by atoms with Crippen LogP contribution in [0.15, 0.2) is 63.9 Å². The van der Waals surface area contributed by atoms with Gasteiger partial charge in [-0.25, -0.2) is 8.42 Å². The number of anilines is 1. The zero-order valence-corrected chi connectivity index (χ0v) is 19.6. The Labute approximate surface area is 197 Å². The van der Waals surface area contributed by atoms with E-state index in [9.17, 15) is 13.2 Å². The second-order valence-electron chi connectivity index (χ2n) is 8.08. The van der Waals surface area contributed by atoms with E-state index in [2.05, 4.69) is 5.32 Å². The first-order chi connectivity index (χ1) is 16.4. The summed E-state index contributed by atoms with van der Waals surface area (Å²) >= 11 is 0. The van der Waals surface area contributed by atoms with E-state index in [-0.39, 0.29) is 16.2 Å². The number of amides is 1. The van der Waals surface area contributed by atoms with E-state index in [4.69, 9.17) is 13.9 Å². The third-order valence-electron chi connectivity index (χ3n) is 6.06. The van der Waals surface area contributed by atoms with Crippen LogP contribution in [0, 0.1) is 0 Å². The van der Waals surface area contributed by atoms with E-state index in [0.29, 0.717) is 30.1 Å². The van der Waals surface area contributed by atoms with Crippen molar-refractivity contribution in [3.63, 3.8) is 0 Å². The van der Waals surface area contributed by atoms with Crippen molar-refractivity contribution in [3.8, 4) is 11.5 Å². The molecule has 2 heterocycles. The van der Waals surface area contributed by atoms with Gasteiger partial charge in [0.1, 0.15) is 27.6 Å². The minimum atomic E-state index is -3.78. The molecule has 0 unspecified atom stereocenters. The Kier molecular flexibility index (Phi) is 5.66. The molecule has 3 aromatic carbocycles. The number of benzene rings is 3. The van der Waals surface area contributed by atoms with Crippen molar-refractivity contribution in [2.24, 2.45) is 0 Å². The molecule has 1 N–H and O–H groups in total. The lowest BCUT2D eigenvalue weighted by Crippen LogP contribution is -2.28. The average Bonchev–Trinajstić information content (AvgIpc) is 3.51. The quantitative estimate of drug-likeness (QED) is 0.432.